The van der Waals surface area contributed by atoms with Gasteiger partial charge in [0.15, 0.2) is 0 Å². The van der Waals surface area contributed by atoms with Crippen LogP contribution in [0, 0.1) is 13.8 Å². The number of carbonyl (C=O) groups is 1. The molecule has 6 nitrogen and oxygen atoms in total. The minimum Gasteiger partial charge on any atom is -0.497 e. The molecule has 0 aliphatic rings. The molecule has 0 saturated carbocycles. The first-order chi connectivity index (χ1) is 13.2. The molecule has 0 aliphatic carbocycles. The number of nitrogens with one attached hydrogen (secondary N) is 1. The third-order valence-electron chi connectivity index (χ3n) is 4.72. The molecule has 1 atom stereocenters. The molecule has 0 saturated heterocycles. The van der Waals surface area contributed by atoms with Crippen LogP contribution < -0.4 is 14.4 Å². The van der Waals surface area contributed by atoms with Gasteiger partial charge in [-0.25, -0.2) is 8.42 Å². The van der Waals surface area contributed by atoms with Crippen molar-refractivity contribution >= 4 is 21.6 Å². The van der Waals surface area contributed by atoms with Gasteiger partial charge in [-0.2, -0.15) is 0 Å². The third-order valence-corrected chi connectivity index (χ3v) is 5.87. The van der Waals surface area contributed by atoms with Gasteiger partial charge in [-0.3, -0.25) is 9.10 Å². The van der Waals surface area contributed by atoms with Crippen LogP contribution in [0.1, 0.15) is 36.1 Å². The lowest BCUT2D eigenvalue weighted by atomic mass is 9.99. The SMILES string of the molecule is CCC(NC(=O)CN(c1ccc(OC)cc1)S(C)(=O)=O)c1ccc(C)c(C)c1. The van der Waals surface area contributed by atoms with Crippen LogP contribution in [0.3, 0.4) is 0 Å². The number of carbonyl (C=O) groups excluding carboxylic acids is 1. The number of hydrogen-bond acceptors (Lipinski definition) is 4. The van der Waals surface area contributed by atoms with E-state index in [1.54, 1.807) is 24.3 Å². The Hall–Kier alpha value is -2.54. The van der Waals surface area contributed by atoms with Crippen molar-refractivity contribution in [2.45, 2.75) is 33.2 Å². The van der Waals surface area contributed by atoms with Crippen molar-refractivity contribution in [2.75, 3.05) is 24.2 Å². The molecule has 0 aromatic heterocycles. The van der Waals surface area contributed by atoms with Gasteiger partial charge in [-0.05, 0) is 61.2 Å². The zero-order valence-electron chi connectivity index (χ0n) is 17.0. The fourth-order valence-corrected chi connectivity index (χ4v) is 3.78. The number of hydrogen-bond donors (Lipinski definition) is 1. The number of amides is 1. The molecular formula is C21H28N2O4S. The number of methoxy groups -OCH3 is 1. The van der Waals surface area contributed by atoms with Crippen LogP contribution >= 0.6 is 0 Å². The number of benzene rings is 2. The summed E-state index contributed by atoms with van der Waals surface area (Å²) in [5.74, 6) is 0.258. The maximum atomic E-state index is 12.6. The first kappa shape index (κ1) is 21.8. The van der Waals surface area contributed by atoms with Crippen LogP contribution in [0.4, 0.5) is 5.69 Å². The van der Waals surface area contributed by atoms with E-state index in [4.69, 9.17) is 4.74 Å². The molecule has 1 unspecified atom stereocenters. The monoisotopic (exact) mass is 404 g/mol. The lowest BCUT2D eigenvalue weighted by Gasteiger charge is -2.24. The summed E-state index contributed by atoms with van der Waals surface area (Å²) in [7, 11) is -2.08. The molecule has 0 aliphatic heterocycles. The molecule has 2 aromatic rings. The van der Waals surface area contributed by atoms with E-state index in [0.29, 0.717) is 17.9 Å². The van der Waals surface area contributed by atoms with Crippen LogP contribution in [0.2, 0.25) is 0 Å². The number of sulfonamides is 1. The molecule has 2 rings (SSSR count). The standard InChI is InChI=1S/C21H28N2O4S/c1-6-20(17-8-7-15(2)16(3)13-17)22-21(24)14-23(28(5,25)26)18-9-11-19(27-4)12-10-18/h7-13,20H,6,14H2,1-5H3,(H,22,24). The summed E-state index contributed by atoms with van der Waals surface area (Å²) in [5.41, 5.74) is 3.76. The highest BCUT2D eigenvalue weighted by Crippen LogP contribution is 2.23. The molecule has 0 spiro atoms. The number of nitrogens with zero attached hydrogens (tertiary/aromatic N) is 1. The molecule has 1 N–H and O–H groups in total. The van der Waals surface area contributed by atoms with Crippen LogP contribution in [0.15, 0.2) is 42.5 Å². The van der Waals surface area contributed by atoms with E-state index in [1.807, 2.05) is 32.9 Å². The van der Waals surface area contributed by atoms with Crippen molar-refractivity contribution < 1.29 is 17.9 Å². The minimum absolute atomic E-state index is 0.177. The Balaban J connectivity index is 2.19. The van der Waals surface area contributed by atoms with Crippen LogP contribution in [-0.2, 0) is 14.8 Å². The molecule has 152 valence electrons. The van der Waals surface area contributed by atoms with Crippen molar-refractivity contribution in [1.82, 2.24) is 5.32 Å². The van der Waals surface area contributed by atoms with Crippen molar-refractivity contribution in [2.24, 2.45) is 0 Å². The van der Waals surface area contributed by atoms with Crippen molar-refractivity contribution in [1.29, 1.82) is 0 Å². The van der Waals surface area contributed by atoms with Gasteiger partial charge < -0.3 is 10.1 Å². The summed E-state index contributed by atoms with van der Waals surface area (Å²) in [5, 5.41) is 2.95. The smallest absolute Gasteiger partial charge is 0.241 e. The normalized spacial score (nSPS) is 12.3. The predicted octanol–water partition coefficient (Wildman–Crippen LogP) is 3.35. The molecule has 28 heavy (non-hydrogen) atoms. The Kier molecular flexibility index (Phi) is 7.07. The van der Waals surface area contributed by atoms with Crippen LogP contribution in [0.5, 0.6) is 5.75 Å². The number of aryl methyl sites for hydroxylation is 2. The Morgan fingerprint density at radius 3 is 2.25 bits per heavy atom. The maximum Gasteiger partial charge on any atom is 0.241 e. The Bertz CT molecular complexity index is 924. The third kappa shape index (κ3) is 5.48. The van der Waals surface area contributed by atoms with Gasteiger partial charge in [0.1, 0.15) is 12.3 Å². The summed E-state index contributed by atoms with van der Waals surface area (Å²) in [6.07, 6.45) is 1.79. The second kappa shape index (κ2) is 9.10. The number of ether oxygens (including phenoxy) is 1. The molecule has 0 fully saturated rings. The molecule has 1 amide bonds. The summed E-state index contributed by atoms with van der Waals surface area (Å²) in [4.78, 5) is 12.6. The second-order valence-corrected chi connectivity index (χ2v) is 8.75. The van der Waals surface area contributed by atoms with E-state index < -0.39 is 10.0 Å². The zero-order chi connectivity index (χ0) is 20.9. The van der Waals surface area contributed by atoms with E-state index in [9.17, 15) is 13.2 Å². The van der Waals surface area contributed by atoms with E-state index in [-0.39, 0.29) is 18.5 Å². The highest BCUT2D eigenvalue weighted by molar-refractivity contribution is 7.92. The average Bonchev–Trinajstić information content (AvgIpc) is 2.65. The van der Waals surface area contributed by atoms with Crippen molar-refractivity contribution in [3.8, 4) is 5.75 Å². The largest absolute Gasteiger partial charge is 0.497 e. The predicted molar refractivity (Wildman–Crippen MR) is 112 cm³/mol. The summed E-state index contributed by atoms with van der Waals surface area (Å²) >= 11 is 0. The highest BCUT2D eigenvalue weighted by Gasteiger charge is 2.22. The molecular weight excluding hydrogens is 376 g/mol. The number of anilines is 1. The molecule has 7 heteroatoms. The van der Waals surface area contributed by atoms with E-state index >= 15 is 0 Å². The van der Waals surface area contributed by atoms with E-state index in [2.05, 4.69) is 11.4 Å². The van der Waals surface area contributed by atoms with Crippen LogP contribution in [-0.4, -0.2) is 34.2 Å². The second-order valence-electron chi connectivity index (χ2n) is 6.84. The zero-order valence-corrected chi connectivity index (χ0v) is 17.8. The Morgan fingerprint density at radius 1 is 1.11 bits per heavy atom. The lowest BCUT2D eigenvalue weighted by molar-refractivity contribution is -0.120. The summed E-state index contributed by atoms with van der Waals surface area (Å²) < 4.78 is 30.7. The van der Waals surface area contributed by atoms with Gasteiger partial charge in [0, 0.05) is 0 Å². The lowest BCUT2D eigenvalue weighted by Crippen LogP contribution is -2.41. The topological polar surface area (TPSA) is 75.7 Å². The van der Waals surface area contributed by atoms with Gasteiger partial charge in [-0.1, -0.05) is 25.1 Å². The maximum absolute atomic E-state index is 12.6. The highest BCUT2D eigenvalue weighted by atomic mass is 32.2. The van der Waals surface area contributed by atoms with Gasteiger partial charge in [0.2, 0.25) is 15.9 Å². The van der Waals surface area contributed by atoms with Crippen molar-refractivity contribution in [3.63, 3.8) is 0 Å². The summed E-state index contributed by atoms with van der Waals surface area (Å²) in [6.45, 7) is 5.77. The van der Waals surface area contributed by atoms with Gasteiger partial charge in [-0.15, -0.1) is 0 Å². The van der Waals surface area contributed by atoms with Crippen LogP contribution in [0.25, 0.3) is 0 Å². The Morgan fingerprint density at radius 2 is 1.75 bits per heavy atom. The average molecular weight is 405 g/mol. The van der Waals surface area contributed by atoms with E-state index in [1.165, 1.54) is 12.7 Å². The fraction of sp³-hybridized carbons (Fsp3) is 0.381. The van der Waals surface area contributed by atoms with Gasteiger partial charge in [0.25, 0.3) is 0 Å². The van der Waals surface area contributed by atoms with Gasteiger partial charge >= 0.3 is 0 Å². The van der Waals surface area contributed by atoms with E-state index in [0.717, 1.165) is 21.7 Å². The quantitative estimate of drug-likeness (QED) is 0.732. The van der Waals surface area contributed by atoms with Gasteiger partial charge in [0.05, 0.1) is 25.1 Å². The first-order valence-electron chi connectivity index (χ1n) is 9.14. The Labute approximate surface area is 167 Å². The molecule has 0 heterocycles. The summed E-state index contributed by atoms with van der Waals surface area (Å²) in [6, 6.07) is 12.5. The molecule has 0 radical (unpaired) electrons. The molecule has 0 bridgehead atoms. The first-order valence-corrected chi connectivity index (χ1v) is 11.0. The molecule has 2 aromatic carbocycles. The van der Waals surface area contributed by atoms with Crippen molar-refractivity contribution in [3.05, 3.63) is 59.2 Å². The minimum atomic E-state index is -3.62. The fourth-order valence-electron chi connectivity index (χ4n) is 2.92. The number of rotatable bonds is 8.